The number of carboxylic acids is 2. The molecule has 0 saturated heterocycles. The standard InChI is InChI=1S/C16H34.C3H5NO2.C3H6O2.Na.H/c1-3-5-7-9-11-13-15-16-14-12-10-8-6-4-2;1-2(4)3(5)6;1-2-3(4)5;;/h3-16H2,1-2H3;4H,1H3,(H,5,6);2H2,1H3,(H,4,5);;. The zero-order valence-electron chi connectivity index (χ0n) is 18.3. The normalized spacial score (nSPS) is 9.14. The molecule has 0 atom stereocenters. The number of hydrogen-bond acceptors (Lipinski definition) is 3. The van der Waals surface area contributed by atoms with Crippen LogP contribution in [0, 0.1) is 5.41 Å². The Bertz CT molecular complexity index is 323. The third kappa shape index (κ3) is 44.8. The fourth-order valence-corrected chi connectivity index (χ4v) is 2.27. The number of aliphatic carboxylic acids is 2. The molecule has 0 saturated carbocycles. The number of hydrogen-bond donors (Lipinski definition) is 3. The van der Waals surface area contributed by atoms with Crippen LogP contribution in [0.4, 0.5) is 0 Å². The van der Waals surface area contributed by atoms with Gasteiger partial charge in [-0.1, -0.05) is 111 Å². The quantitative estimate of drug-likeness (QED) is 0.164. The first-order valence-corrected chi connectivity index (χ1v) is 10.8. The van der Waals surface area contributed by atoms with Crippen LogP contribution in [0.15, 0.2) is 0 Å². The summed E-state index contributed by atoms with van der Waals surface area (Å²) in [6.45, 7) is 7.40. The minimum absolute atomic E-state index is 0. The number of rotatable bonds is 15. The molecule has 0 aromatic heterocycles. The van der Waals surface area contributed by atoms with Crippen LogP contribution < -0.4 is 0 Å². The second kappa shape index (κ2) is 31.3. The van der Waals surface area contributed by atoms with Crippen molar-refractivity contribution in [3.63, 3.8) is 0 Å². The van der Waals surface area contributed by atoms with Gasteiger partial charge in [0.25, 0.3) is 0 Å². The van der Waals surface area contributed by atoms with E-state index in [1.165, 1.54) is 96.8 Å². The molecule has 0 heterocycles. The average Bonchev–Trinajstić information content (AvgIpc) is 2.63. The van der Waals surface area contributed by atoms with Crippen LogP contribution in [-0.2, 0) is 9.59 Å². The van der Waals surface area contributed by atoms with Crippen molar-refractivity contribution in [1.82, 2.24) is 0 Å². The average molecular weight is 412 g/mol. The van der Waals surface area contributed by atoms with Gasteiger partial charge in [-0.25, -0.2) is 4.79 Å². The van der Waals surface area contributed by atoms with Crippen molar-refractivity contribution in [3.8, 4) is 0 Å². The summed E-state index contributed by atoms with van der Waals surface area (Å²) in [5.74, 6) is -1.90. The molecule has 0 unspecified atom stereocenters. The minimum atomic E-state index is -1.16. The van der Waals surface area contributed by atoms with E-state index in [0.29, 0.717) is 0 Å². The Kier molecular flexibility index (Phi) is 39.2. The molecule has 0 aromatic carbocycles. The van der Waals surface area contributed by atoms with E-state index in [4.69, 9.17) is 15.6 Å². The number of unbranched alkanes of at least 4 members (excludes halogenated alkanes) is 13. The van der Waals surface area contributed by atoms with Gasteiger partial charge < -0.3 is 10.2 Å². The summed E-state index contributed by atoms with van der Waals surface area (Å²) in [6, 6.07) is 0. The summed E-state index contributed by atoms with van der Waals surface area (Å²) in [4.78, 5) is 18.8. The summed E-state index contributed by atoms with van der Waals surface area (Å²) < 4.78 is 0. The predicted molar refractivity (Wildman–Crippen MR) is 122 cm³/mol. The van der Waals surface area contributed by atoms with Crippen molar-refractivity contribution in [2.45, 2.75) is 124 Å². The van der Waals surface area contributed by atoms with Gasteiger partial charge in [-0.05, 0) is 6.92 Å². The van der Waals surface area contributed by atoms with E-state index < -0.39 is 11.9 Å². The molecule has 0 spiro atoms. The molecule has 5 nitrogen and oxygen atoms in total. The fraction of sp³-hybridized carbons (Fsp3) is 0.864. The van der Waals surface area contributed by atoms with E-state index in [0.717, 1.165) is 0 Å². The van der Waals surface area contributed by atoms with Crippen LogP contribution >= 0.6 is 0 Å². The first-order valence-electron chi connectivity index (χ1n) is 10.8. The third-order valence-corrected chi connectivity index (χ3v) is 4.08. The Hall–Kier alpha value is -0.390. The van der Waals surface area contributed by atoms with E-state index in [9.17, 15) is 9.59 Å². The summed E-state index contributed by atoms with van der Waals surface area (Å²) in [5, 5.41) is 21.8. The molecule has 0 rings (SSSR count). The van der Waals surface area contributed by atoms with Crippen molar-refractivity contribution in [3.05, 3.63) is 0 Å². The summed E-state index contributed by atoms with van der Waals surface area (Å²) >= 11 is 0. The molecule has 0 aliphatic carbocycles. The molecule has 0 aliphatic heterocycles. The van der Waals surface area contributed by atoms with Gasteiger partial charge in [0.05, 0.1) is 0 Å². The third-order valence-electron chi connectivity index (χ3n) is 4.08. The van der Waals surface area contributed by atoms with E-state index in [1.807, 2.05) is 0 Å². The topological polar surface area (TPSA) is 98.5 Å². The molecule has 164 valence electrons. The molecular formula is C22H46NNaO4. The Balaban J connectivity index is -0.000000198. The Morgan fingerprint density at radius 1 is 0.643 bits per heavy atom. The van der Waals surface area contributed by atoms with Crippen LogP contribution in [0.5, 0.6) is 0 Å². The first-order chi connectivity index (χ1) is 12.8. The van der Waals surface area contributed by atoms with Crippen LogP contribution in [0.25, 0.3) is 0 Å². The van der Waals surface area contributed by atoms with Gasteiger partial charge in [0.2, 0.25) is 0 Å². The van der Waals surface area contributed by atoms with Crippen molar-refractivity contribution in [2.75, 3.05) is 0 Å². The molecule has 0 aliphatic rings. The molecule has 28 heavy (non-hydrogen) atoms. The molecule has 6 heteroatoms. The fourth-order valence-electron chi connectivity index (χ4n) is 2.27. The van der Waals surface area contributed by atoms with Crippen molar-refractivity contribution in [2.24, 2.45) is 0 Å². The van der Waals surface area contributed by atoms with Crippen LogP contribution in [0.1, 0.15) is 124 Å². The molecule has 0 amide bonds. The van der Waals surface area contributed by atoms with E-state index in [1.54, 1.807) is 6.92 Å². The monoisotopic (exact) mass is 411 g/mol. The molecule has 0 aromatic rings. The predicted octanol–water partition coefficient (Wildman–Crippen LogP) is 6.43. The zero-order chi connectivity index (χ0) is 21.3. The molecular weight excluding hydrogens is 365 g/mol. The zero-order valence-corrected chi connectivity index (χ0v) is 18.3. The van der Waals surface area contributed by atoms with Crippen LogP contribution in [-0.4, -0.2) is 57.4 Å². The number of nitrogens with one attached hydrogen (secondary N) is 1. The second-order valence-corrected chi connectivity index (χ2v) is 6.92. The second-order valence-electron chi connectivity index (χ2n) is 6.92. The summed E-state index contributed by atoms with van der Waals surface area (Å²) in [6.07, 6.45) is 20.6. The Morgan fingerprint density at radius 2 is 0.821 bits per heavy atom. The van der Waals surface area contributed by atoms with Crippen molar-refractivity contribution in [1.29, 1.82) is 5.41 Å². The SMILES string of the molecule is CC(=N)C(=O)O.CCC(=O)O.CCCCCCCCCCCCCCCC.[NaH]. The molecule has 3 N–H and O–H groups in total. The van der Waals surface area contributed by atoms with E-state index >= 15 is 0 Å². The summed E-state index contributed by atoms with van der Waals surface area (Å²) in [7, 11) is 0. The van der Waals surface area contributed by atoms with Gasteiger partial charge in [-0.3, -0.25) is 10.2 Å². The van der Waals surface area contributed by atoms with Gasteiger partial charge in [0.15, 0.2) is 0 Å². The van der Waals surface area contributed by atoms with E-state index in [-0.39, 0.29) is 41.7 Å². The van der Waals surface area contributed by atoms with Gasteiger partial charge in [-0.15, -0.1) is 0 Å². The maximum absolute atomic E-state index is 9.47. The maximum atomic E-state index is 9.47. The van der Waals surface area contributed by atoms with Crippen molar-refractivity contribution >= 4 is 47.2 Å². The van der Waals surface area contributed by atoms with Gasteiger partial charge in [0.1, 0.15) is 5.71 Å². The van der Waals surface area contributed by atoms with Gasteiger partial charge in [0, 0.05) is 6.42 Å². The van der Waals surface area contributed by atoms with Crippen LogP contribution in [0.2, 0.25) is 0 Å². The first kappa shape index (κ1) is 35.1. The van der Waals surface area contributed by atoms with E-state index in [2.05, 4.69) is 13.8 Å². The summed E-state index contributed by atoms with van der Waals surface area (Å²) in [5.41, 5.74) is -0.324. The van der Waals surface area contributed by atoms with Crippen molar-refractivity contribution < 1.29 is 19.8 Å². The molecule has 0 bridgehead atoms. The Labute approximate surface area is 195 Å². The van der Waals surface area contributed by atoms with Crippen LogP contribution in [0.3, 0.4) is 0 Å². The van der Waals surface area contributed by atoms with Gasteiger partial charge >= 0.3 is 41.5 Å². The molecule has 0 fully saturated rings. The number of carbonyl (C=O) groups is 2. The van der Waals surface area contributed by atoms with Gasteiger partial charge in [-0.2, -0.15) is 0 Å². The number of carboxylic acid groups (broad SMARTS) is 2. The molecule has 0 radical (unpaired) electrons. The Morgan fingerprint density at radius 3 is 0.929 bits per heavy atom.